The predicted molar refractivity (Wildman–Crippen MR) is 151 cm³/mol. The van der Waals surface area contributed by atoms with Crippen LogP contribution in [-0.4, -0.2) is 86.6 Å². The number of imidazole rings is 1. The highest BCUT2D eigenvalue weighted by molar-refractivity contribution is 5.92. The second-order valence-electron chi connectivity index (χ2n) is 11.6. The first kappa shape index (κ1) is 28.7. The van der Waals surface area contributed by atoms with Crippen LogP contribution in [-0.2, 0) is 20.8 Å². The molecular weight excluding hydrogens is 531 g/mol. The van der Waals surface area contributed by atoms with Crippen molar-refractivity contribution in [2.75, 3.05) is 31.6 Å². The third-order valence-corrected chi connectivity index (χ3v) is 7.20. The van der Waals surface area contributed by atoms with E-state index in [-0.39, 0.29) is 25.1 Å². The Morgan fingerprint density at radius 2 is 2.07 bits per heavy atom. The molecule has 3 atom stereocenters. The first-order valence-corrected chi connectivity index (χ1v) is 13.9. The maximum atomic E-state index is 14.8. The topological polar surface area (TPSA) is 131 Å². The van der Waals surface area contributed by atoms with Crippen molar-refractivity contribution in [3.05, 3.63) is 42.0 Å². The van der Waals surface area contributed by atoms with Gasteiger partial charge in [0.1, 0.15) is 29.1 Å². The minimum absolute atomic E-state index is 0.0510. The molecule has 2 saturated heterocycles. The molecule has 0 saturated carbocycles. The van der Waals surface area contributed by atoms with E-state index in [9.17, 15) is 19.1 Å². The number of ether oxygens (including phenoxy) is 2. The first-order valence-electron chi connectivity index (χ1n) is 13.9. The van der Waals surface area contributed by atoms with Gasteiger partial charge in [0.05, 0.1) is 29.4 Å². The number of nitrogens with one attached hydrogen (secondary N) is 2. The van der Waals surface area contributed by atoms with Crippen molar-refractivity contribution in [2.45, 2.75) is 70.9 Å². The number of carbonyl (C=O) groups excluding carboxylic acids is 1. The number of hydrogen-bond acceptors (Lipinski definition) is 8. The van der Waals surface area contributed by atoms with Gasteiger partial charge in [-0.3, -0.25) is 4.90 Å². The van der Waals surface area contributed by atoms with E-state index in [1.54, 1.807) is 32.9 Å². The standard InChI is InChI=1S/C29H37FN6O5/c1-17-32-23-12-18(30)11-21(26(23)35(17)16-20-14-31-9-6-10-40-20)22-7-5-8-25(34-22)33-19-13-24(27(37)38)36(15-19)28(39)41-29(2,3)4/h5,7-8,11-12,19-20,24,31H,6,9-10,13-16H2,1-4H3,(H,33,34)(H,37,38)/t19-,20?,24-/m0/s1. The molecule has 2 aliphatic rings. The summed E-state index contributed by atoms with van der Waals surface area (Å²) in [5.41, 5.74) is 1.69. The van der Waals surface area contributed by atoms with Crippen LogP contribution in [0.2, 0.25) is 0 Å². The van der Waals surface area contributed by atoms with E-state index < -0.39 is 29.5 Å². The summed E-state index contributed by atoms with van der Waals surface area (Å²) < 4.78 is 28.3. The highest BCUT2D eigenvalue weighted by Crippen LogP contribution is 2.31. The van der Waals surface area contributed by atoms with Crippen molar-refractivity contribution in [3.63, 3.8) is 0 Å². The number of fused-ring (bicyclic) bond motifs is 1. The molecule has 41 heavy (non-hydrogen) atoms. The molecule has 3 N–H and O–H groups in total. The smallest absolute Gasteiger partial charge is 0.411 e. The molecule has 3 aromatic rings. The fourth-order valence-electron chi connectivity index (χ4n) is 5.43. The van der Waals surface area contributed by atoms with Crippen LogP contribution in [0.15, 0.2) is 30.3 Å². The van der Waals surface area contributed by atoms with Gasteiger partial charge in [-0.15, -0.1) is 0 Å². The molecule has 4 heterocycles. The van der Waals surface area contributed by atoms with Gasteiger partial charge < -0.3 is 29.8 Å². The van der Waals surface area contributed by atoms with E-state index in [1.807, 2.05) is 13.0 Å². The maximum Gasteiger partial charge on any atom is 0.411 e. The highest BCUT2D eigenvalue weighted by atomic mass is 19.1. The van der Waals surface area contributed by atoms with Crippen LogP contribution < -0.4 is 10.6 Å². The highest BCUT2D eigenvalue weighted by Gasteiger charge is 2.41. The number of carbonyl (C=O) groups is 2. The number of amides is 1. The number of nitrogens with zero attached hydrogens (tertiary/aromatic N) is 4. The van der Waals surface area contributed by atoms with Crippen molar-refractivity contribution in [1.29, 1.82) is 0 Å². The Bertz CT molecular complexity index is 1430. The number of hydrogen-bond donors (Lipinski definition) is 3. The molecule has 0 aliphatic carbocycles. The van der Waals surface area contributed by atoms with Gasteiger partial charge in [0, 0.05) is 43.8 Å². The largest absolute Gasteiger partial charge is 0.480 e. The normalized spacial score (nSPS) is 21.6. The number of anilines is 1. The summed E-state index contributed by atoms with van der Waals surface area (Å²) in [6, 6.07) is 6.86. The Hall–Kier alpha value is -3.77. The van der Waals surface area contributed by atoms with Crippen molar-refractivity contribution in [3.8, 4) is 11.3 Å². The molecule has 0 bridgehead atoms. The lowest BCUT2D eigenvalue weighted by atomic mass is 10.1. The zero-order valence-electron chi connectivity index (χ0n) is 23.8. The Balaban J connectivity index is 1.42. The quantitative estimate of drug-likeness (QED) is 0.406. The van der Waals surface area contributed by atoms with Crippen LogP contribution in [0.4, 0.5) is 15.0 Å². The van der Waals surface area contributed by atoms with Crippen molar-refractivity contribution >= 4 is 28.9 Å². The summed E-state index contributed by atoms with van der Waals surface area (Å²) in [7, 11) is 0. The molecule has 1 amide bonds. The Morgan fingerprint density at radius 1 is 1.27 bits per heavy atom. The zero-order valence-corrected chi connectivity index (χ0v) is 23.8. The summed E-state index contributed by atoms with van der Waals surface area (Å²) in [4.78, 5) is 35.3. The molecule has 12 heteroatoms. The molecule has 2 aliphatic heterocycles. The van der Waals surface area contributed by atoms with Gasteiger partial charge in [0.25, 0.3) is 0 Å². The summed E-state index contributed by atoms with van der Waals surface area (Å²) in [5, 5.41) is 16.4. The summed E-state index contributed by atoms with van der Waals surface area (Å²) in [6.07, 6.45) is 0.412. The molecular formula is C29H37FN6O5. The van der Waals surface area contributed by atoms with E-state index in [4.69, 9.17) is 14.5 Å². The van der Waals surface area contributed by atoms with Crippen LogP contribution in [0, 0.1) is 12.7 Å². The van der Waals surface area contributed by atoms with Gasteiger partial charge in [-0.05, 0) is 58.9 Å². The molecule has 0 radical (unpaired) electrons. The Kier molecular flexibility index (Phi) is 8.14. The second kappa shape index (κ2) is 11.6. The SMILES string of the molecule is Cc1nc2cc(F)cc(-c3cccc(N[C@H]4C[C@@H](C(=O)O)N(C(=O)OC(C)(C)C)C4)n3)c2n1CC1CNCCCO1. The molecule has 0 spiro atoms. The maximum absolute atomic E-state index is 14.8. The van der Waals surface area contributed by atoms with Gasteiger partial charge in [0.15, 0.2) is 0 Å². The number of likely N-dealkylation sites (tertiary alicyclic amines) is 1. The number of halogens is 1. The third kappa shape index (κ3) is 6.59. The molecule has 1 aromatic carbocycles. The fraction of sp³-hybridized carbons (Fsp3) is 0.517. The molecule has 2 aromatic heterocycles. The number of aryl methyl sites for hydroxylation is 1. The van der Waals surface area contributed by atoms with Gasteiger partial charge in [-0.1, -0.05) is 6.07 Å². The molecule has 5 rings (SSSR count). The summed E-state index contributed by atoms with van der Waals surface area (Å²) >= 11 is 0. The lowest BCUT2D eigenvalue weighted by molar-refractivity contribution is -0.142. The number of pyridine rings is 1. The molecule has 1 unspecified atom stereocenters. The van der Waals surface area contributed by atoms with Gasteiger partial charge >= 0.3 is 12.1 Å². The summed E-state index contributed by atoms with van der Waals surface area (Å²) in [5.74, 6) is -0.278. The molecule has 2 fully saturated rings. The number of rotatable bonds is 6. The second-order valence-corrected chi connectivity index (χ2v) is 11.6. The van der Waals surface area contributed by atoms with Gasteiger partial charge in [-0.2, -0.15) is 0 Å². The van der Waals surface area contributed by atoms with E-state index in [0.29, 0.717) is 42.3 Å². The fourth-order valence-corrected chi connectivity index (χ4v) is 5.43. The number of aliphatic carboxylic acids is 1. The van der Waals surface area contributed by atoms with Crippen molar-refractivity contribution < 1.29 is 28.6 Å². The molecule has 220 valence electrons. The van der Waals surface area contributed by atoms with Crippen LogP contribution in [0.3, 0.4) is 0 Å². The minimum atomic E-state index is -1.10. The monoisotopic (exact) mass is 568 g/mol. The predicted octanol–water partition coefficient (Wildman–Crippen LogP) is 3.80. The number of benzene rings is 1. The lowest BCUT2D eigenvalue weighted by Gasteiger charge is -2.26. The average molecular weight is 569 g/mol. The lowest BCUT2D eigenvalue weighted by Crippen LogP contribution is -2.43. The zero-order chi connectivity index (χ0) is 29.3. The number of aromatic nitrogens is 3. The van der Waals surface area contributed by atoms with E-state index in [2.05, 4.69) is 20.2 Å². The summed E-state index contributed by atoms with van der Waals surface area (Å²) in [6.45, 7) is 10.1. The Morgan fingerprint density at radius 3 is 2.83 bits per heavy atom. The van der Waals surface area contributed by atoms with E-state index in [0.717, 1.165) is 24.3 Å². The first-order chi connectivity index (χ1) is 19.5. The van der Waals surface area contributed by atoms with Gasteiger partial charge in [-0.25, -0.2) is 23.9 Å². The van der Waals surface area contributed by atoms with E-state index in [1.165, 1.54) is 17.0 Å². The third-order valence-electron chi connectivity index (χ3n) is 7.20. The van der Waals surface area contributed by atoms with Crippen LogP contribution in [0.5, 0.6) is 0 Å². The van der Waals surface area contributed by atoms with Crippen molar-refractivity contribution in [1.82, 2.24) is 24.8 Å². The van der Waals surface area contributed by atoms with E-state index >= 15 is 0 Å². The number of carboxylic acids is 1. The average Bonchev–Trinajstić information content (AvgIpc) is 3.33. The van der Waals surface area contributed by atoms with Crippen molar-refractivity contribution in [2.24, 2.45) is 0 Å². The van der Waals surface area contributed by atoms with Gasteiger partial charge in [0.2, 0.25) is 0 Å². The molecule has 11 nitrogen and oxygen atoms in total. The number of carboxylic acid groups (broad SMARTS) is 1. The Labute approximate surface area is 238 Å². The van der Waals surface area contributed by atoms with Crippen LogP contribution in [0.25, 0.3) is 22.3 Å². The van der Waals surface area contributed by atoms with Crippen LogP contribution >= 0.6 is 0 Å². The van der Waals surface area contributed by atoms with Crippen LogP contribution in [0.1, 0.15) is 39.4 Å². The minimum Gasteiger partial charge on any atom is -0.480 e.